The van der Waals surface area contributed by atoms with Gasteiger partial charge in [-0.25, -0.2) is 0 Å². The zero-order chi connectivity index (χ0) is 8.55. The van der Waals surface area contributed by atoms with E-state index in [4.69, 9.17) is 17.3 Å². The van der Waals surface area contributed by atoms with E-state index in [0.717, 1.165) is 11.6 Å². The number of hydrogen-bond donors (Lipinski definition) is 1. The van der Waals surface area contributed by atoms with Crippen molar-refractivity contribution in [3.05, 3.63) is 34.9 Å². The summed E-state index contributed by atoms with van der Waals surface area (Å²) >= 11 is 5.88. The molecule has 2 atom stereocenters. The fraction of sp³-hybridized carbons (Fsp3) is 0.400. The summed E-state index contributed by atoms with van der Waals surface area (Å²) in [5.41, 5.74) is 6.91. The molecular weight excluding hydrogens is 170 g/mol. The maximum atomic E-state index is 5.88. The van der Waals surface area contributed by atoms with Crippen molar-refractivity contribution in [1.29, 1.82) is 0 Å². The van der Waals surface area contributed by atoms with E-state index in [1.54, 1.807) is 0 Å². The third-order valence-electron chi connectivity index (χ3n) is 2.50. The molecule has 1 fully saturated rings. The van der Waals surface area contributed by atoms with Crippen LogP contribution in [0.1, 0.15) is 17.9 Å². The van der Waals surface area contributed by atoms with Gasteiger partial charge in [0.15, 0.2) is 0 Å². The summed E-state index contributed by atoms with van der Waals surface area (Å²) in [6.45, 7) is 0.803. The molecule has 0 radical (unpaired) electrons. The van der Waals surface area contributed by atoms with Gasteiger partial charge < -0.3 is 5.73 Å². The maximum absolute atomic E-state index is 5.88. The minimum Gasteiger partial charge on any atom is -0.330 e. The van der Waals surface area contributed by atoms with E-state index >= 15 is 0 Å². The first kappa shape index (κ1) is 8.09. The highest BCUT2D eigenvalue weighted by Crippen LogP contribution is 2.46. The van der Waals surface area contributed by atoms with Crippen molar-refractivity contribution in [2.45, 2.75) is 12.3 Å². The van der Waals surface area contributed by atoms with Crippen LogP contribution >= 0.6 is 11.6 Å². The molecule has 12 heavy (non-hydrogen) atoms. The Morgan fingerprint density at radius 2 is 2.33 bits per heavy atom. The lowest BCUT2D eigenvalue weighted by Gasteiger charge is -1.98. The summed E-state index contributed by atoms with van der Waals surface area (Å²) in [6.07, 6.45) is 1.23. The van der Waals surface area contributed by atoms with Crippen LogP contribution in [-0.4, -0.2) is 6.54 Å². The first-order chi connectivity index (χ1) is 5.81. The second-order valence-corrected chi connectivity index (χ2v) is 3.83. The molecule has 1 aliphatic carbocycles. The molecule has 0 amide bonds. The molecule has 1 nitrogen and oxygen atoms in total. The van der Waals surface area contributed by atoms with Gasteiger partial charge in [-0.1, -0.05) is 23.7 Å². The summed E-state index contributed by atoms with van der Waals surface area (Å²) in [5, 5.41) is 0.829. The minimum atomic E-state index is 0.675. The maximum Gasteiger partial charge on any atom is 0.0408 e. The van der Waals surface area contributed by atoms with Gasteiger partial charge in [0.1, 0.15) is 0 Å². The van der Waals surface area contributed by atoms with Crippen molar-refractivity contribution >= 4 is 11.6 Å². The monoisotopic (exact) mass is 181 g/mol. The molecule has 0 aliphatic heterocycles. The normalized spacial score (nSPS) is 27.2. The van der Waals surface area contributed by atoms with E-state index in [9.17, 15) is 0 Å². The molecule has 0 aromatic heterocycles. The SMILES string of the molecule is NC[C@@H]1CC1c1cccc(Cl)c1. The molecule has 0 spiro atoms. The van der Waals surface area contributed by atoms with Gasteiger partial charge in [-0.15, -0.1) is 0 Å². The van der Waals surface area contributed by atoms with Crippen molar-refractivity contribution in [2.24, 2.45) is 11.7 Å². The molecule has 2 heteroatoms. The smallest absolute Gasteiger partial charge is 0.0408 e. The Hall–Kier alpha value is -0.530. The van der Waals surface area contributed by atoms with Crippen molar-refractivity contribution < 1.29 is 0 Å². The molecular formula is C10H12ClN. The van der Waals surface area contributed by atoms with Crippen LogP contribution in [0.4, 0.5) is 0 Å². The van der Waals surface area contributed by atoms with Crippen molar-refractivity contribution in [1.82, 2.24) is 0 Å². The number of hydrogen-bond acceptors (Lipinski definition) is 1. The van der Waals surface area contributed by atoms with Gasteiger partial charge in [0.2, 0.25) is 0 Å². The average molecular weight is 182 g/mol. The van der Waals surface area contributed by atoms with E-state index < -0.39 is 0 Å². The van der Waals surface area contributed by atoms with Gasteiger partial charge in [-0.3, -0.25) is 0 Å². The molecule has 0 heterocycles. The van der Waals surface area contributed by atoms with Crippen LogP contribution in [0.3, 0.4) is 0 Å². The fourth-order valence-electron chi connectivity index (χ4n) is 1.65. The lowest BCUT2D eigenvalue weighted by Crippen LogP contribution is -2.01. The van der Waals surface area contributed by atoms with Crippen LogP contribution in [0, 0.1) is 5.92 Å². The summed E-state index contributed by atoms with van der Waals surface area (Å²) in [4.78, 5) is 0. The Balaban J connectivity index is 2.14. The summed E-state index contributed by atoms with van der Waals surface area (Å²) < 4.78 is 0. The van der Waals surface area contributed by atoms with E-state index in [2.05, 4.69) is 6.07 Å². The lowest BCUT2D eigenvalue weighted by molar-refractivity contribution is 0.810. The molecule has 64 valence electrons. The van der Waals surface area contributed by atoms with Crippen LogP contribution in [0.2, 0.25) is 5.02 Å². The third kappa shape index (κ3) is 1.47. The predicted octanol–water partition coefficient (Wildman–Crippen LogP) is 2.40. The van der Waals surface area contributed by atoms with Crippen LogP contribution in [0.5, 0.6) is 0 Å². The highest BCUT2D eigenvalue weighted by Gasteiger charge is 2.36. The molecule has 2 rings (SSSR count). The van der Waals surface area contributed by atoms with E-state index in [0.29, 0.717) is 11.8 Å². The average Bonchev–Trinajstić information content (AvgIpc) is 2.83. The quantitative estimate of drug-likeness (QED) is 0.745. The molecule has 1 unspecified atom stereocenters. The standard InChI is InChI=1S/C10H12ClN/c11-9-3-1-2-7(4-9)10-5-8(10)6-12/h1-4,8,10H,5-6,12H2/t8-,10?/m0/s1. The predicted molar refractivity (Wildman–Crippen MR) is 51.4 cm³/mol. The number of benzene rings is 1. The van der Waals surface area contributed by atoms with Crippen LogP contribution in [-0.2, 0) is 0 Å². The Labute approximate surface area is 77.5 Å². The van der Waals surface area contributed by atoms with Gasteiger partial charge in [-0.05, 0) is 42.5 Å². The molecule has 1 aromatic rings. The lowest BCUT2D eigenvalue weighted by atomic mass is 10.1. The van der Waals surface area contributed by atoms with Gasteiger partial charge in [0, 0.05) is 5.02 Å². The number of nitrogens with two attached hydrogens (primary N) is 1. The van der Waals surface area contributed by atoms with Gasteiger partial charge in [-0.2, -0.15) is 0 Å². The summed E-state index contributed by atoms with van der Waals surface area (Å²) in [5.74, 6) is 1.37. The first-order valence-corrected chi connectivity index (χ1v) is 4.64. The highest BCUT2D eigenvalue weighted by atomic mass is 35.5. The molecule has 1 aromatic carbocycles. The van der Waals surface area contributed by atoms with Crippen LogP contribution < -0.4 is 5.73 Å². The molecule has 1 saturated carbocycles. The van der Waals surface area contributed by atoms with E-state index in [-0.39, 0.29) is 0 Å². The van der Waals surface area contributed by atoms with E-state index in [1.807, 2.05) is 18.2 Å². The van der Waals surface area contributed by atoms with Gasteiger partial charge in [0.25, 0.3) is 0 Å². The van der Waals surface area contributed by atoms with Crippen molar-refractivity contribution in [2.75, 3.05) is 6.54 Å². The Morgan fingerprint density at radius 1 is 1.50 bits per heavy atom. The molecule has 1 aliphatic rings. The van der Waals surface area contributed by atoms with Gasteiger partial charge >= 0.3 is 0 Å². The Kier molecular flexibility index (Phi) is 2.07. The molecule has 0 bridgehead atoms. The topological polar surface area (TPSA) is 26.0 Å². The van der Waals surface area contributed by atoms with Crippen LogP contribution in [0.15, 0.2) is 24.3 Å². The van der Waals surface area contributed by atoms with Crippen molar-refractivity contribution in [3.8, 4) is 0 Å². The zero-order valence-electron chi connectivity index (χ0n) is 6.83. The highest BCUT2D eigenvalue weighted by molar-refractivity contribution is 6.30. The summed E-state index contributed by atoms with van der Waals surface area (Å²) in [6, 6.07) is 8.09. The fourth-order valence-corrected chi connectivity index (χ4v) is 1.85. The Bertz CT molecular complexity index is 285. The Morgan fingerprint density at radius 3 is 2.92 bits per heavy atom. The second-order valence-electron chi connectivity index (χ2n) is 3.39. The first-order valence-electron chi connectivity index (χ1n) is 4.27. The molecule has 2 N–H and O–H groups in total. The number of rotatable bonds is 2. The number of halogens is 1. The second kappa shape index (κ2) is 3.08. The summed E-state index contributed by atoms with van der Waals surface area (Å²) in [7, 11) is 0. The third-order valence-corrected chi connectivity index (χ3v) is 2.74. The van der Waals surface area contributed by atoms with Crippen LogP contribution in [0.25, 0.3) is 0 Å². The minimum absolute atomic E-state index is 0.675. The van der Waals surface area contributed by atoms with Crippen molar-refractivity contribution in [3.63, 3.8) is 0 Å². The molecule has 0 saturated heterocycles. The largest absolute Gasteiger partial charge is 0.330 e. The zero-order valence-corrected chi connectivity index (χ0v) is 7.59. The van der Waals surface area contributed by atoms with E-state index in [1.165, 1.54) is 12.0 Å². The van der Waals surface area contributed by atoms with Gasteiger partial charge in [0.05, 0.1) is 0 Å².